The molecule has 1 aromatic rings. The third kappa shape index (κ3) is 6.25. The van der Waals surface area contributed by atoms with Gasteiger partial charge in [-0.15, -0.1) is 0 Å². The van der Waals surface area contributed by atoms with Crippen LogP contribution in [-0.4, -0.2) is 42.5 Å². The molecule has 2 aliphatic rings. The van der Waals surface area contributed by atoms with Gasteiger partial charge in [0.25, 0.3) is 0 Å². The van der Waals surface area contributed by atoms with E-state index in [4.69, 9.17) is 4.74 Å². The van der Waals surface area contributed by atoms with E-state index in [1.165, 1.54) is 0 Å². The Labute approximate surface area is 168 Å². The van der Waals surface area contributed by atoms with Gasteiger partial charge >= 0.3 is 0 Å². The Hall–Kier alpha value is -2.04. The molecule has 1 saturated carbocycles. The van der Waals surface area contributed by atoms with Crippen molar-refractivity contribution in [3.05, 3.63) is 30.3 Å². The molecule has 5 heteroatoms. The van der Waals surface area contributed by atoms with Crippen LogP contribution in [0.1, 0.15) is 58.3 Å². The molecule has 1 N–H and O–H groups in total. The van der Waals surface area contributed by atoms with Crippen LogP contribution < -0.4 is 10.1 Å². The number of benzene rings is 1. The second kappa shape index (κ2) is 10.5. The maximum absolute atomic E-state index is 12.7. The van der Waals surface area contributed by atoms with Gasteiger partial charge in [-0.25, -0.2) is 0 Å². The standard InChI is InChI=1S/C23H34N2O3/c1-18-13-15-25(16-14-18)23(27)19-9-11-20(12-10-19)24-22(26)8-5-17-28-21-6-3-2-4-7-21/h2-4,6-7,18-20H,5,8-17H2,1H3,(H,24,26). The Morgan fingerprint density at radius 3 is 2.39 bits per heavy atom. The van der Waals surface area contributed by atoms with Crippen LogP contribution in [0.25, 0.3) is 0 Å². The van der Waals surface area contributed by atoms with E-state index in [2.05, 4.69) is 17.1 Å². The summed E-state index contributed by atoms with van der Waals surface area (Å²) < 4.78 is 5.63. The van der Waals surface area contributed by atoms with Crippen molar-refractivity contribution in [1.29, 1.82) is 0 Å². The molecular weight excluding hydrogens is 352 g/mol. The first-order chi connectivity index (χ1) is 13.6. The van der Waals surface area contributed by atoms with Gasteiger partial charge in [-0.05, 0) is 63.0 Å². The summed E-state index contributed by atoms with van der Waals surface area (Å²) in [5.41, 5.74) is 0. The lowest BCUT2D eigenvalue weighted by atomic mass is 9.84. The van der Waals surface area contributed by atoms with Crippen LogP contribution >= 0.6 is 0 Å². The fourth-order valence-corrected chi connectivity index (χ4v) is 4.21. The van der Waals surface area contributed by atoms with Crippen molar-refractivity contribution in [3.63, 3.8) is 0 Å². The molecule has 1 heterocycles. The second-order valence-electron chi connectivity index (χ2n) is 8.39. The van der Waals surface area contributed by atoms with Crippen molar-refractivity contribution in [3.8, 4) is 5.75 Å². The Morgan fingerprint density at radius 1 is 1.04 bits per heavy atom. The Morgan fingerprint density at radius 2 is 1.71 bits per heavy atom. The first-order valence-electron chi connectivity index (χ1n) is 10.9. The average Bonchev–Trinajstić information content (AvgIpc) is 2.73. The summed E-state index contributed by atoms with van der Waals surface area (Å²) in [6.45, 7) is 4.65. The van der Waals surface area contributed by atoms with Crippen LogP contribution in [0.15, 0.2) is 30.3 Å². The fourth-order valence-electron chi connectivity index (χ4n) is 4.21. The van der Waals surface area contributed by atoms with E-state index in [-0.39, 0.29) is 17.9 Å². The molecule has 1 aliphatic heterocycles. The van der Waals surface area contributed by atoms with Crippen molar-refractivity contribution in [2.24, 2.45) is 11.8 Å². The van der Waals surface area contributed by atoms with Crippen LogP contribution in [0.2, 0.25) is 0 Å². The number of piperidine rings is 1. The van der Waals surface area contributed by atoms with E-state index >= 15 is 0 Å². The maximum atomic E-state index is 12.7. The molecule has 1 aromatic carbocycles. The Balaban J connectivity index is 1.29. The summed E-state index contributed by atoms with van der Waals surface area (Å²) in [4.78, 5) is 26.9. The molecule has 1 aliphatic carbocycles. The number of carbonyl (C=O) groups excluding carboxylic acids is 2. The normalized spacial score (nSPS) is 23.2. The number of para-hydroxylation sites is 1. The molecule has 5 nitrogen and oxygen atoms in total. The molecule has 2 amide bonds. The number of likely N-dealkylation sites (tertiary alicyclic amines) is 1. The summed E-state index contributed by atoms with van der Waals surface area (Å²) >= 11 is 0. The van der Waals surface area contributed by atoms with Crippen LogP contribution in [0.3, 0.4) is 0 Å². The van der Waals surface area contributed by atoms with Gasteiger partial charge in [-0.1, -0.05) is 25.1 Å². The second-order valence-corrected chi connectivity index (χ2v) is 8.39. The molecule has 154 valence electrons. The molecule has 0 unspecified atom stereocenters. The minimum atomic E-state index is 0.0939. The number of carbonyl (C=O) groups is 2. The lowest BCUT2D eigenvalue weighted by Gasteiger charge is -2.35. The molecule has 0 aromatic heterocycles. The SMILES string of the molecule is CC1CCN(C(=O)C2CCC(NC(=O)CCCOc3ccccc3)CC2)CC1. The zero-order valence-electron chi connectivity index (χ0n) is 17.1. The number of ether oxygens (including phenoxy) is 1. The largest absolute Gasteiger partial charge is 0.494 e. The highest BCUT2D eigenvalue weighted by Gasteiger charge is 2.31. The third-order valence-corrected chi connectivity index (χ3v) is 6.10. The molecule has 0 radical (unpaired) electrons. The predicted octanol–water partition coefficient (Wildman–Crippen LogP) is 3.78. The lowest BCUT2D eigenvalue weighted by Crippen LogP contribution is -2.44. The monoisotopic (exact) mass is 386 g/mol. The van der Waals surface area contributed by atoms with E-state index < -0.39 is 0 Å². The molecule has 2 fully saturated rings. The fraction of sp³-hybridized carbons (Fsp3) is 0.652. The van der Waals surface area contributed by atoms with E-state index in [0.717, 1.165) is 63.3 Å². The highest BCUT2D eigenvalue weighted by atomic mass is 16.5. The third-order valence-electron chi connectivity index (χ3n) is 6.10. The predicted molar refractivity (Wildman–Crippen MR) is 110 cm³/mol. The number of hydrogen-bond acceptors (Lipinski definition) is 3. The van der Waals surface area contributed by atoms with Gasteiger partial charge in [0.2, 0.25) is 11.8 Å². The highest BCUT2D eigenvalue weighted by molar-refractivity contribution is 5.79. The Bertz CT molecular complexity index is 618. The van der Waals surface area contributed by atoms with E-state index in [1.807, 2.05) is 30.3 Å². The number of nitrogens with zero attached hydrogens (tertiary/aromatic N) is 1. The van der Waals surface area contributed by atoms with Crippen molar-refractivity contribution in [2.75, 3.05) is 19.7 Å². The quantitative estimate of drug-likeness (QED) is 0.726. The van der Waals surface area contributed by atoms with Crippen LogP contribution in [0, 0.1) is 11.8 Å². The molecular formula is C23H34N2O3. The number of rotatable bonds is 7. The Kier molecular flexibility index (Phi) is 7.75. The van der Waals surface area contributed by atoms with Crippen molar-refractivity contribution in [1.82, 2.24) is 10.2 Å². The van der Waals surface area contributed by atoms with Gasteiger partial charge in [-0.3, -0.25) is 9.59 Å². The van der Waals surface area contributed by atoms with E-state index in [1.54, 1.807) is 0 Å². The smallest absolute Gasteiger partial charge is 0.225 e. The molecule has 1 saturated heterocycles. The molecule has 0 atom stereocenters. The molecule has 28 heavy (non-hydrogen) atoms. The minimum absolute atomic E-state index is 0.0939. The first-order valence-corrected chi connectivity index (χ1v) is 10.9. The molecule has 3 rings (SSSR count). The minimum Gasteiger partial charge on any atom is -0.494 e. The van der Waals surface area contributed by atoms with Gasteiger partial charge < -0.3 is 15.0 Å². The summed E-state index contributed by atoms with van der Waals surface area (Å²) in [5, 5.41) is 3.14. The van der Waals surface area contributed by atoms with Gasteiger partial charge in [0.15, 0.2) is 0 Å². The zero-order chi connectivity index (χ0) is 19.8. The van der Waals surface area contributed by atoms with Crippen LogP contribution in [-0.2, 0) is 9.59 Å². The number of nitrogens with one attached hydrogen (secondary N) is 1. The number of amides is 2. The maximum Gasteiger partial charge on any atom is 0.225 e. The van der Waals surface area contributed by atoms with Crippen molar-refractivity contribution < 1.29 is 14.3 Å². The first kappa shape index (κ1) is 20.7. The van der Waals surface area contributed by atoms with E-state index in [9.17, 15) is 9.59 Å². The van der Waals surface area contributed by atoms with Crippen LogP contribution in [0.4, 0.5) is 0 Å². The van der Waals surface area contributed by atoms with Gasteiger partial charge in [0, 0.05) is 31.5 Å². The van der Waals surface area contributed by atoms with Gasteiger partial charge in [-0.2, -0.15) is 0 Å². The number of hydrogen-bond donors (Lipinski definition) is 1. The summed E-state index contributed by atoms with van der Waals surface area (Å²) in [6.07, 6.45) is 7.07. The summed E-state index contributed by atoms with van der Waals surface area (Å²) in [7, 11) is 0. The average molecular weight is 387 g/mol. The molecule has 0 spiro atoms. The lowest BCUT2D eigenvalue weighted by molar-refractivity contribution is -0.138. The summed E-state index contributed by atoms with van der Waals surface area (Å²) in [6, 6.07) is 9.89. The van der Waals surface area contributed by atoms with Gasteiger partial charge in [0.1, 0.15) is 5.75 Å². The topological polar surface area (TPSA) is 58.6 Å². The summed E-state index contributed by atoms with van der Waals surface area (Å²) in [5.74, 6) is 2.18. The van der Waals surface area contributed by atoms with Crippen molar-refractivity contribution in [2.45, 2.75) is 64.3 Å². The highest BCUT2D eigenvalue weighted by Crippen LogP contribution is 2.28. The van der Waals surface area contributed by atoms with Gasteiger partial charge in [0.05, 0.1) is 6.61 Å². The van der Waals surface area contributed by atoms with Crippen molar-refractivity contribution >= 4 is 11.8 Å². The zero-order valence-corrected chi connectivity index (χ0v) is 17.1. The van der Waals surface area contributed by atoms with Crippen LogP contribution in [0.5, 0.6) is 5.75 Å². The van der Waals surface area contributed by atoms with E-state index in [0.29, 0.717) is 25.4 Å². The molecule has 0 bridgehead atoms.